The third-order valence-corrected chi connectivity index (χ3v) is 5.95. The van der Waals surface area contributed by atoms with Gasteiger partial charge in [-0.25, -0.2) is 4.79 Å². The first-order valence-corrected chi connectivity index (χ1v) is 11.3. The summed E-state index contributed by atoms with van der Waals surface area (Å²) >= 11 is 0. The molecule has 3 aromatic carbocycles. The fourth-order valence-corrected chi connectivity index (χ4v) is 3.97. The van der Waals surface area contributed by atoms with Crippen LogP contribution in [-0.4, -0.2) is 44.5 Å². The number of aryl methyl sites for hydroxylation is 1. The van der Waals surface area contributed by atoms with Crippen LogP contribution in [0.2, 0.25) is 0 Å². The van der Waals surface area contributed by atoms with Gasteiger partial charge in [0.15, 0.2) is 11.5 Å². The normalized spacial score (nSPS) is 13.4. The molecule has 0 bridgehead atoms. The van der Waals surface area contributed by atoms with Gasteiger partial charge in [-0.15, -0.1) is 0 Å². The van der Waals surface area contributed by atoms with Gasteiger partial charge < -0.3 is 29.5 Å². The summed E-state index contributed by atoms with van der Waals surface area (Å²) in [4.78, 5) is 13.9. The van der Waals surface area contributed by atoms with Gasteiger partial charge >= 0.3 is 5.97 Å². The van der Waals surface area contributed by atoms with Crippen molar-refractivity contribution in [3.8, 4) is 11.5 Å². The van der Waals surface area contributed by atoms with E-state index in [4.69, 9.17) is 14.2 Å². The standard InChI is InChI=1S/C27H30N2O5/c1-19-5-3-4-6-21(19)18-34-25-10-7-20(15-26(25)32-2)17-28-22-8-9-24(23(16-22)27(30)31)29-11-13-33-14-12-29/h3-10,15-16,28H,11-14,17-18H2,1-2H3,(H,30,31). The summed E-state index contributed by atoms with van der Waals surface area (Å²) in [6, 6.07) is 19.4. The van der Waals surface area contributed by atoms with Gasteiger partial charge in [-0.3, -0.25) is 0 Å². The molecule has 1 fully saturated rings. The number of aromatic carboxylic acids is 1. The van der Waals surface area contributed by atoms with Crippen LogP contribution in [0.5, 0.6) is 11.5 Å². The molecule has 7 nitrogen and oxygen atoms in total. The molecule has 178 valence electrons. The number of methoxy groups -OCH3 is 1. The molecule has 2 N–H and O–H groups in total. The predicted octanol–water partition coefficient (Wildman–Crippen LogP) is 4.73. The van der Waals surface area contributed by atoms with Crippen molar-refractivity contribution in [3.05, 3.63) is 82.9 Å². The number of carbonyl (C=O) groups is 1. The van der Waals surface area contributed by atoms with Crippen LogP contribution in [-0.2, 0) is 17.9 Å². The number of hydrogen-bond acceptors (Lipinski definition) is 6. The van der Waals surface area contributed by atoms with Crippen LogP contribution in [0.25, 0.3) is 0 Å². The van der Waals surface area contributed by atoms with Crippen molar-refractivity contribution in [2.24, 2.45) is 0 Å². The lowest BCUT2D eigenvalue weighted by Crippen LogP contribution is -2.37. The highest BCUT2D eigenvalue weighted by Crippen LogP contribution is 2.30. The maximum Gasteiger partial charge on any atom is 0.337 e. The van der Waals surface area contributed by atoms with Gasteiger partial charge in [0.05, 0.1) is 31.6 Å². The monoisotopic (exact) mass is 462 g/mol. The first-order valence-electron chi connectivity index (χ1n) is 11.3. The molecule has 1 heterocycles. The second kappa shape index (κ2) is 10.9. The molecule has 0 atom stereocenters. The lowest BCUT2D eigenvalue weighted by Gasteiger charge is -2.30. The van der Waals surface area contributed by atoms with Gasteiger partial charge in [0.2, 0.25) is 0 Å². The number of nitrogens with one attached hydrogen (secondary N) is 1. The largest absolute Gasteiger partial charge is 0.493 e. The fraction of sp³-hybridized carbons (Fsp3) is 0.296. The maximum atomic E-state index is 11.9. The Labute approximate surface area is 199 Å². The number of hydrogen-bond donors (Lipinski definition) is 2. The number of nitrogens with zero attached hydrogens (tertiary/aromatic N) is 1. The average Bonchev–Trinajstić information content (AvgIpc) is 2.87. The van der Waals surface area contributed by atoms with Crippen molar-refractivity contribution in [1.29, 1.82) is 0 Å². The first kappa shape index (κ1) is 23.4. The lowest BCUT2D eigenvalue weighted by atomic mass is 10.1. The molecule has 0 saturated carbocycles. The van der Waals surface area contributed by atoms with Gasteiger partial charge in [-0.2, -0.15) is 0 Å². The number of ether oxygens (including phenoxy) is 3. The summed E-state index contributed by atoms with van der Waals surface area (Å²) in [5.74, 6) is 0.390. The summed E-state index contributed by atoms with van der Waals surface area (Å²) in [6.45, 7) is 5.62. The summed E-state index contributed by atoms with van der Waals surface area (Å²) in [5.41, 5.74) is 5.05. The molecule has 3 aromatic rings. The molecular formula is C27H30N2O5. The zero-order valence-electron chi connectivity index (χ0n) is 19.5. The molecular weight excluding hydrogens is 432 g/mol. The predicted molar refractivity (Wildman–Crippen MR) is 132 cm³/mol. The lowest BCUT2D eigenvalue weighted by molar-refractivity contribution is 0.0696. The summed E-state index contributed by atoms with van der Waals surface area (Å²) in [5, 5.41) is 13.1. The van der Waals surface area contributed by atoms with Crippen LogP contribution >= 0.6 is 0 Å². The molecule has 0 radical (unpaired) electrons. The van der Waals surface area contributed by atoms with Crippen molar-refractivity contribution in [2.45, 2.75) is 20.1 Å². The highest BCUT2D eigenvalue weighted by molar-refractivity contribution is 5.95. The van der Waals surface area contributed by atoms with Gasteiger partial charge in [0, 0.05) is 25.3 Å². The number of rotatable bonds is 9. The Morgan fingerprint density at radius 1 is 1.06 bits per heavy atom. The SMILES string of the molecule is COc1cc(CNc2ccc(N3CCOCC3)c(C(=O)O)c2)ccc1OCc1ccccc1C. The van der Waals surface area contributed by atoms with Crippen LogP contribution in [0.4, 0.5) is 11.4 Å². The second-order valence-corrected chi connectivity index (χ2v) is 8.19. The smallest absolute Gasteiger partial charge is 0.337 e. The molecule has 1 saturated heterocycles. The molecule has 0 aromatic heterocycles. The quantitative estimate of drug-likeness (QED) is 0.476. The Balaban J connectivity index is 1.43. The van der Waals surface area contributed by atoms with Gasteiger partial charge in [-0.05, 0) is 53.9 Å². The van der Waals surface area contributed by atoms with E-state index in [0.717, 1.165) is 22.5 Å². The Morgan fingerprint density at radius 3 is 2.59 bits per heavy atom. The van der Waals surface area contributed by atoms with Gasteiger partial charge in [0.1, 0.15) is 6.61 Å². The summed E-state index contributed by atoms with van der Waals surface area (Å²) in [6.07, 6.45) is 0. The third kappa shape index (κ3) is 5.61. The van der Waals surface area contributed by atoms with Crippen molar-refractivity contribution < 1.29 is 24.1 Å². The Hall–Kier alpha value is -3.71. The van der Waals surface area contributed by atoms with E-state index < -0.39 is 5.97 Å². The molecule has 0 unspecified atom stereocenters. The van der Waals surface area contributed by atoms with E-state index in [2.05, 4.69) is 29.3 Å². The second-order valence-electron chi connectivity index (χ2n) is 8.19. The molecule has 4 rings (SSSR count). The van der Waals surface area contributed by atoms with E-state index in [0.29, 0.717) is 51.0 Å². The first-order chi connectivity index (χ1) is 16.5. The zero-order chi connectivity index (χ0) is 23.9. The minimum atomic E-state index is -0.943. The van der Waals surface area contributed by atoms with Crippen molar-refractivity contribution in [2.75, 3.05) is 43.6 Å². The number of anilines is 2. The third-order valence-electron chi connectivity index (χ3n) is 5.95. The highest BCUT2D eigenvalue weighted by Gasteiger charge is 2.19. The van der Waals surface area contributed by atoms with E-state index in [1.807, 2.05) is 42.5 Å². The average molecular weight is 463 g/mol. The number of carboxylic acid groups (broad SMARTS) is 1. The van der Waals surface area contributed by atoms with E-state index in [1.165, 1.54) is 5.56 Å². The minimum Gasteiger partial charge on any atom is -0.493 e. The van der Waals surface area contributed by atoms with Crippen molar-refractivity contribution >= 4 is 17.3 Å². The molecule has 34 heavy (non-hydrogen) atoms. The summed E-state index contributed by atoms with van der Waals surface area (Å²) < 4.78 is 16.9. The van der Waals surface area contributed by atoms with Crippen molar-refractivity contribution in [1.82, 2.24) is 0 Å². The molecule has 1 aliphatic rings. The zero-order valence-corrected chi connectivity index (χ0v) is 19.5. The van der Waals surface area contributed by atoms with E-state index in [1.54, 1.807) is 13.2 Å². The van der Waals surface area contributed by atoms with Crippen LogP contribution in [0.3, 0.4) is 0 Å². The van der Waals surface area contributed by atoms with Crippen molar-refractivity contribution in [3.63, 3.8) is 0 Å². The van der Waals surface area contributed by atoms with Crippen LogP contribution in [0.1, 0.15) is 27.0 Å². The molecule has 1 aliphatic heterocycles. The Morgan fingerprint density at radius 2 is 1.85 bits per heavy atom. The topological polar surface area (TPSA) is 80.3 Å². The van der Waals surface area contributed by atoms with Gasteiger partial charge in [0.25, 0.3) is 0 Å². The minimum absolute atomic E-state index is 0.282. The van der Waals surface area contributed by atoms with Crippen LogP contribution in [0, 0.1) is 6.92 Å². The fourth-order valence-electron chi connectivity index (χ4n) is 3.97. The molecule has 7 heteroatoms. The Bertz CT molecular complexity index is 1140. The molecule has 0 aliphatic carbocycles. The van der Waals surface area contributed by atoms with E-state index in [9.17, 15) is 9.90 Å². The van der Waals surface area contributed by atoms with Crippen LogP contribution < -0.4 is 19.7 Å². The highest BCUT2D eigenvalue weighted by atomic mass is 16.5. The Kier molecular flexibility index (Phi) is 7.54. The van der Waals surface area contributed by atoms with Gasteiger partial charge in [-0.1, -0.05) is 30.3 Å². The maximum absolute atomic E-state index is 11.9. The molecule has 0 amide bonds. The molecule has 0 spiro atoms. The van der Waals surface area contributed by atoms with E-state index in [-0.39, 0.29) is 5.56 Å². The van der Waals surface area contributed by atoms with Crippen LogP contribution in [0.15, 0.2) is 60.7 Å². The van der Waals surface area contributed by atoms with E-state index >= 15 is 0 Å². The summed E-state index contributed by atoms with van der Waals surface area (Å²) in [7, 11) is 1.62. The number of carboxylic acids is 1. The number of benzene rings is 3. The number of morpholine rings is 1.